The SMILES string of the molecule is CN(C)c1cccc([C@@H]2CCCN2C(=O)CCCNC(=O)C2CC2)c1. The van der Waals surface area contributed by atoms with Gasteiger partial charge in [0.15, 0.2) is 0 Å². The van der Waals surface area contributed by atoms with Crippen LogP contribution < -0.4 is 10.2 Å². The fraction of sp³-hybridized carbons (Fsp3) is 0.600. The van der Waals surface area contributed by atoms with Crippen LogP contribution in [0.15, 0.2) is 24.3 Å². The standard InChI is InChI=1S/C20H29N3O2/c1-22(2)17-7-3-6-16(14-17)18-8-5-13-23(18)19(24)9-4-12-21-20(25)15-10-11-15/h3,6-7,14-15,18H,4-5,8-13H2,1-2H3,(H,21,25)/t18-/m0/s1. The van der Waals surface area contributed by atoms with Gasteiger partial charge < -0.3 is 15.1 Å². The second-order valence-electron chi connectivity index (χ2n) is 7.40. The monoisotopic (exact) mass is 343 g/mol. The van der Waals surface area contributed by atoms with E-state index in [1.54, 1.807) is 0 Å². The Balaban J connectivity index is 1.52. The van der Waals surface area contributed by atoms with E-state index in [-0.39, 0.29) is 23.8 Å². The number of nitrogens with one attached hydrogen (secondary N) is 1. The second kappa shape index (κ2) is 7.89. The zero-order chi connectivity index (χ0) is 17.8. The van der Waals surface area contributed by atoms with Crippen LogP contribution >= 0.6 is 0 Å². The van der Waals surface area contributed by atoms with Crippen LogP contribution in [0.2, 0.25) is 0 Å². The summed E-state index contributed by atoms with van der Waals surface area (Å²) in [6, 6.07) is 8.66. The third-order valence-corrected chi connectivity index (χ3v) is 5.16. The highest BCUT2D eigenvalue weighted by Gasteiger charge is 2.30. The maximum Gasteiger partial charge on any atom is 0.223 e. The molecule has 1 aromatic rings. The van der Waals surface area contributed by atoms with E-state index >= 15 is 0 Å². The van der Waals surface area contributed by atoms with Crippen molar-refractivity contribution in [2.45, 2.75) is 44.6 Å². The van der Waals surface area contributed by atoms with Gasteiger partial charge in [-0.2, -0.15) is 0 Å². The van der Waals surface area contributed by atoms with Crippen molar-refractivity contribution in [2.75, 3.05) is 32.1 Å². The minimum absolute atomic E-state index is 0.159. The number of likely N-dealkylation sites (tertiary alicyclic amines) is 1. The highest BCUT2D eigenvalue weighted by Crippen LogP contribution is 2.34. The van der Waals surface area contributed by atoms with Gasteiger partial charge >= 0.3 is 0 Å². The van der Waals surface area contributed by atoms with Crippen LogP contribution in [-0.4, -0.2) is 43.9 Å². The smallest absolute Gasteiger partial charge is 0.223 e. The summed E-state index contributed by atoms with van der Waals surface area (Å²) in [5.74, 6) is 0.605. The van der Waals surface area contributed by atoms with Crippen molar-refractivity contribution < 1.29 is 9.59 Å². The van der Waals surface area contributed by atoms with Crippen LogP contribution in [0.4, 0.5) is 5.69 Å². The Morgan fingerprint density at radius 3 is 2.76 bits per heavy atom. The molecule has 1 heterocycles. The molecule has 1 saturated carbocycles. The molecule has 2 fully saturated rings. The number of rotatable bonds is 7. The maximum absolute atomic E-state index is 12.6. The van der Waals surface area contributed by atoms with E-state index in [1.807, 2.05) is 19.0 Å². The number of anilines is 1. The number of carbonyl (C=O) groups is 2. The molecule has 0 aromatic heterocycles. The molecular weight excluding hydrogens is 314 g/mol. The summed E-state index contributed by atoms with van der Waals surface area (Å²) in [6.45, 7) is 1.44. The van der Waals surface area contributed by atoms with E-state index in [9.17, 15) is 9.59 Å². The van der Waals surface area contributed by atoms with Gasteiger partial charge in [0.25, 0.3) is 0 Å². The van der Waals surface area contributed by atoms with Gasteiger partial charge in [-0.15, -0.1) is 0 Å². The predicted octanol–water partition coefficient (Wildman–Crippen LogP) is 2.72. The third-order valence-electron chi connectivity index (χ3n) is 5.16. The predicted molar refractivity (Wildman–Crippen MR) is 99.4 cm³/mol. The van der Waals surface area contributed by atoms with E-state index < -0.39 is 0 Å². The lowest BCUT2D eigenvalue weighted by Crippen LogP contribution is -2.32. The van der Waals surface area contributed by atoms with Crippen LogP contribution in [0.3, 0.4) is 0 Å². The van der Waals surface area contributed by atoms with Crippen LogP contribution in [0, 0.1) is 5.92 Å². The van der Waals surface area contributed by atoms with Gasteiger partial charge in [-0.3, -0.25) is 9.59 Å². The van der Waals surface area contributed by atoms with E-state index in [1.165, 1.54) is 11.3 Å². The lowest BCUT2D eigenvalue weighted by atomic mass is 10.0. The molecule has 136 valence electrons. The summed E-state index contributed by atoms with van der Waals surface area (Å²) < 4.78 is 0. The molecule has 1 atom stereocenters. The van der Waals surface area contributed by atoms with Crippen molar-refractivity contribution in [1.29, 1.82) is 0 Å². The number of amides is 2. The zero-order valence-electron chi connectivity index (χ0n) is 15.3. The van der Waals surface area contributed by atoms with Crippen molar-refractivity contribution in [3.05, 3.63) is 29.8 Å². The topological polar surface area (TPSA) is 52.6 Å². The van der Waals surface area contributed by atoms with Crippen molar-refractivity contribution in [3.63, 3.8) is 0 Å². The first-order chi connectivity index (χ1) is 12.1. The van der Waals surface area contributed by atoms with E-state index in [4.69, 9.17) is 0 Å². The number of hydrogen-bond acceptors (Lipinski definition) is 3. The Morgan fingerprint density at radius 2 is 2.04 bits per heavy atom. The summed E-state index contributed by atoms with van der Waals surface area (Å²) in [4.78, 5) is 28.4. The molecule has 0 spiro atoms. The summed E-state index contributed by atoms with van der Waals surface area (Å²) in [7, 11) is 4.07. The molecule has 5 heteroatoms. The molecule has 0 bridgehead atoms. The first-order valence-corrected chi connectivity index (χ1v) is 9.40. The Labute approximate surface area is 150 Å². The summed E-state index contributed by atoms with van der Waals surface area (Å²) in [6.07, 6.45) is 5.35. The third kappa shape index (κ3) is 4.53. The fourth-order valence-electron chi connectivity index (χ4n) is 3.51. The van der Waals surface area contributed by atoms with Gasteiger partial charge in [-0.05, 0) is 49.8 Å². The van der Waals surface area contributed by atoms with E-state index in [0.717, 1.165) is 38.6 Å². The molecule has 0 unspecified atom stereocenters. The van der Waals surface area contributed by atoms with E-state index in [0.29, 0.717) is 13.0 Å². The first-order valence-electron chi connectivity index (χ1n) is 9.40. The number of nitrogens with zero attached hydrogens (tertiary/aromatic N) is 2. The second-order valence-corrected chi connectivity index (χ2v) is 7.40. The molecular formula is C20H29N3O2. The quantitative estimate of drug-likeness (QED) is 0.775. The first kappa shape index (κ1) is 17.8. The molecule has 1 N–H and O–H groups in total. The van der Waals surface area contributed by atoms with Gasteiger partial charge in [0.1, 0.15) is 0 Å². The van der Waals surface area contributed by atoms with Crippen molar-refractivity contribution in [3.8, 4) is 0 Å². The molecule has 3 rings (SSSR count). The Morgan fingerprint density at radius 1 is 1.24 bits per heavy atom. The molecule has 5 nitrogen and oxygen atoms in total. The van der Waals surface area contributed by atoms with Crippen LogP contribution in [-0.2, 0) is 9.59 Å². The fourth-order valence-corrected chi connectivity index (χ4v) is 3.51. The number of carbonyl (C=O) groups excluding carboxylic acids is 2. The van der Waals surface area contributed by atoms with Crippen LogP contribution in [0.25, 0.3) is 0 Å². The van der Waals surface area contributed by atoms with Gasteiger partial charge in [-0.25, -0.2) is 0 Å². The largest absolute Gasteiger partial charge is 0.378 e. The normalized spacial score (nSPS) is 19.8. The molecule has 1 aromatic carbocycles. The molecule has 2 aliphatic rings. The number of hydrogen-bond donors (Lipinski definition) is 1. The summed E-state index contributed by atoms with van der Waals surface area (Å²) in [5, 5.41) is 2.94. The van der Waals surface area contributed by atoms with Crippen molar-refractivity contribution >= 4 is 17.5 Å². The highest BCUT2D eigenvalue weighted by atomic mass is 16.2. The average Bonchev–Trinajstić information content (AvgIpc) is 3.35. The van der Waals surface area contributed by atoms with E-state index in [2.05, 4.69) is 34.5 Å². The van der Waals surface area contributed by atoms with Crippen LogP contribution in [0.1, 0.15) is 50.1 Å². The van der Waals surface area contributed by atoms with Crippen LogP contribution in [0.5, 0.6) is 0 Å². The molecule has 25 heavy (non-hydrogen) atoms. The Bertz CT molecular complexity index is 625. The minimum Gasteiger partial charge on any atom is -0.378 e. The van der Waals surface area contributed by atoms with Crippen molar-refractivity contribution in [1.82, 2.24) is 10.2 Å². The molecule has 1 aliphatic heterocycles. The highest BCUT2D eigenvalue weighted by molar-refractivity contribution is 5.81. The van der Waals surface area contributed by atoms with Gasteiger partial charge in [0.2, 0.25) is 11.8 Å². The Kier molecular flexibility index (Phi) is 5.61. The lowest BCUT2D eigenvalue weighted by Gasteiger charge is -2.26. The number of benzene rings is 1. The van der Waals surface area contributed by atoms with Crippen molar-refractivity contribution in [2.24, 2.45) is 5.92 Å². The molecule has 2 amide bonds. The summed E-state index contributed by atoms with van der Waals surface area (Å²) in [5.41, 5.74) is 2.39. The maximum atomic E-state index is 12.6. The summed E-state index contributed by atoms with van der Waals surface area (Å²) >= 11 is 0. The lowest BCUT2D eigenvalue weighted by molar-refractivity contribution is -0.132. The zero-order valence-corrected chi connectivity index (χ0v) is 15.3. The molecule has 1 aliphatic carbocycles. The average molecular weight is 343 g/mol. The minimum atomic E-state index is 0.159. The van der Waals surface area contributed by atoms with Gasteiger partial charge in [0.05, 0.1) is 6.04 Å². The molecule has 1 saturated heterocycles. The Hall–Kier alpha value is -2.04. The van der Waals surface area contributed by atoms with Gasteiger partial charge in [0, 0.05) is 45.2 Å². The van der Waals surface area contributed by atoms with Gasteiger partial charge in [-0.1, -0.05) is 12.1 Å². The molecule has 0 radical (unpaired) electrons.